The molecule has 0 saturated heterocycles. The zero-order chi connectivity index (χ0) is 13.0. The molecular formula is C13H13N3OS. The van der Waals surface area contributed by atoms with Gasteiger partial charge in [0.2, 0.25) is 0 Å². The standard InChI is InChI=1S/C13H13N3OS/c1-18-13(15-8-14)16-10-6-2-4-9-5-3-7-11(17)12(9)10/h2,4,6H,3,5,7H2,1H3,(H,15,16). The second kappa shape index (κ2) is 5.69. The summed E-state index contributed by atoms with van der Waals surface area (Å²) >= 11 is 1.35. The van der Waals surface area contributed by atoms with Crippen molar-refractivity contribution < 1.29 is 4.79 Å². The van der Waals surface area contributed by atoms with Crippen LogP contribution in [0, 0.1) is 11.5 Å². The molecule has 5 heteroatoms. The molecule has 0 fully saturated rings. The van der Waals surface area contributed by atoms with Crippen molar-refractivity contribution in [1.29, 1.82) is 5.26 Å². The number of aliphatic imine (C=N–C) groups is 1. The highest BCUT2D eigenvalue weighted by atomic mass is 32.2. The summed E-state index contributed by atoms with van der Waals surface area (Å²) in [4.78, 5) is 16.3. The van der Waals surface area contributed by atoms with E-state index in [1.54, 1.807) is 0 Å². The van der Waals surface area contributed by atoms with Gasteiger partial charge in [0.15, 0.2) is 17.1 Å². The van der Waals surface area contributed by atoms with Crippen LogP contribution in [0.4, 0.5) is 5.69 Å². The van der Waals surface area contributed by atoms with Crippen LogP contribution >= 0.6 is 11.8 Å². The molecule has 92 valence electrons. The van der Waals surface area contributed by atoms with E-state index in [0.29, 0.717) is 17.3 Å². The fourth-order valence-electron chi connectivity index (χ4n) is 2.06. The number of fused-ring (bicyclic) bond motifs is 1. The molecule has 0 unspecified atom stereocenters. The molecule has 1 aliphatic rings. The van der Waals surface area contributed by atoms with Crippen molar-refractivity contribution in [3.63, 3.8) is 0 Å². The van der Waals surface area contributed by atoms with E-state index in [1.165, 1.54) is 11.8 Å². The summed E-state index contributed by atoms with van der Waals surface area (Å²) in [7, 11) is 0. The van der Waals surface area contributed by atoms with Crippen LogP contribution in [0.1, 0.15) is 28.8 Å². The van der Waals surface area contributed by atoms with Gasteiger partial charge in [-0.2, -0.15) is 5.26 Å². The maximum absolute atomic E-state index is 12.0. The number of aryl methyl sites for hydroxylation is 1. The van der Waals surface area contributed by atoms with Gasteiger partial charge in [0, 0.05) is 12.0 Å². The Morgan fingerprint density at radius 1 is 1.50 bits per heavy atom. The fourth-order valence-corrected chi connectivity index (χ4v) is 2.39. The number of amidine groups is 1. The maximum Gasteiger partial charge on any atom is 0.183 e. The van der Waals surface area contributed by atoms with Gasteiger partial charge in [-0.3, -0.25) is 10.1 Å². The Labute approximate surface area is 110 Å². The van der Waals surface area contributed by atoms with E-state index in [2.05, 4.69) is 10.3 Å². The molecule has 0 saturated carbocycles. The van der Waals surface area contributed by atoms with Crippen LogP contribution in [0.5, 0.6) is 0 Å². The highest BCUT2D eigenvalue weighted by molar-refractivity contribution is 8.13. The molecule has 0 radical (unpaired) electrons. The van der Waals surface area contributed by atoms with Gasteiger partial charge in [-0.15, -0.1) is 0 Å². The van der Waals surface area contributed by atoms with E-state index in [4.69, 9.17) is 5.26 Å². The van der Waals surface area contributed by atoms with Crippen LogP contribution in [0.2, 0.25) is 0 Å². The number of hydrogen-bond acceptors (Lipinski definition) is 4. The average Bonchev–Trinajstić information content (AvgIpc) is 2.38. The lowest BCUT2D eigenvalue weighted by Gasteiger charge is -2.16. The van der Waals surface area contributed by atoms with Crippen LogP contribution in [0.3, 0.4) is 0 Å². The quantitative estimate of drug-likeness (QED) is 0.364. The van der Waals surface area contributed by atoms with E-state index in [-0.39, 0.29) is 5.78 Å². The minimum absolute atomic E-state index is 0.146. The first-order chi connectivity index (χ1) is 8.76. The summed E-state index contributed by atoms with van der Waals surface area (Å²) in [5.74, 6) is 0.146. The molecule has 0 heterocycles. The molecule has 1 N–H and O–H groups in total. The molecule has 1 aromatic carbocycles. The summed E-state index contributed by atoms with van der Waals surface area (Å²) in [5, 5.41) is 11.6. The normalized spacial score (nSPS) is 14.9. The summed E-state index contributed by atoms with van der Waals surface area (Å²) in [6.45, 7) is 0. The molecule has 2 rings (SSSR count). The number of nitrogens with zero attached hydrogens (tertiary/aromatic N) is 2. The lowest BCUT2D eigenvalue weighted by atomic mass is 9.89. The Hall–Kier alpha value is -1.80. The molecule has 0 aromatic heterocycles. The van der Waals surface area contributed by atoms with Crippen LogP contribution in [0.25, 0.3) is 0 Å². The zero-order valence-corrected chi connectivity index (χ0v) is 10.9. The average molecular weight is 259 g/mol. The molecule has 0 amide bonds. The summed E-state index contributed by atoms with van der Waals surface area (Å²) in [6.07, 6.45) is 6.09. The number of rotatable bonds is 1. The first-order valence-electron chi connectivity index (χ1n) is 5.69. The summed E-state index contributed by atoms with van der Waals surface area (Å²) in [5.41, 5.74) is 2.43. The molecule has 18 heavy (non-hydrogen) atoms. The van der Waals surface area contributed by atoms with Crippen LogP contribution in [0.15, 0.2) is 23.2 Å². The van der Waals surface area contributed by atoms with Gasteiger partial charge >= 0.3 is 0 Å². The van der Waals surface area contributed by atoms with Crippen molar-refractivity contribution in [2.45, 2.75) is 19.3 Å². The molecule has 1 aromatic rings. The van der Waals surface area contributed by atoms with E-state index in [1.807, 2.05) is 30.6 Å². The van der Waals surface area contributed by atoms with Gasteiger partial charge in [0.25, 0.3) is 0 Å². The minimum atomic E-state index is 0.146. The van der Waals surface area contributed by atoms with Gasteiger partial charge < -0.3 is 0 Å². The Bertz CT molecular complexity index is 546. The molecule has 0 bridgehead atoms. The van der Waals surface area contributed by atoms with Crippen LogP contribution in [-0.4, -0.2) is 17.2 Å². The van der Waals surface area contributed by atoms with Gasteiger partial charge in [0.05, 0.1) is 5.69 Å². The highest BCUT2D eigenvalue weighted by Crippen LogP contribution is 2.30. The van der Waals surface area contributed by atoms with Crippen molar-refractivity contribution in [3.8, 4) is 6.19 Å². The largest absolute Gasteiger partial charge is 0.294 e. The van der Waals surface area contributed by atoms with Crippen molar-refractivity contribution in [3.05, 3.63) is 29.3 Å². The van der Waals surface area contributed by atoms with Crippen LogP contribution in [-0.2, 0) is 6.42 Å². The number of thioether (sulfide) groups is 1. The van der Waals surface area contributed by atoms with Gasteiger partial charge in [-0.05, 0) is 30.7 Å². The molecular weight excluding hydrogens is 246 g/mol. The van der Waals surface area contributed by atoms with Crippen molar-refractivity contribution in [2.24, 2.45) is 4.99 Å². The van der Waals surface area contributed by atoms with E-state index < -0.39 is 0 Å². The Morgan fingerprint density at radius 2 is 2.33 bits per heavy atom. The predicted molar refractivity (Wildman–Crippen MR) is 73.1 cm³/mol. The number of carbonyl (C=O) groups excluding carboxylic acids is 1. The van der Waals surface area contributed by atoms with Gasteiger partial charge in [0.1, 0.15) is 0 Å². The third-order valence-electron chi connectivity index (χ3n) is 2.84. The number of ketones is 1. The first kappa shape index (κ1) is 12.7. The number of nitrogens with one attached hydrogen (secondary N) is 1. The van der Waals surface area contributed by atoms with E-state index in [9.17, 15) is 4.79 Å². The first-order valence-corrected chi connectivity index (χ1v) is 6.91. The molecule has 0 spiro atoms. The molecule has 1 aliphatic carbocycles. The summed E-state index contributed by atoms with van der Waals surface area (Å²) < 4.78 is 0. The second-order valence-corrected chi connectivity index (χ2v) is 4.74. The topological polar surface area (TPSA) is 65.2 Å². The number of Topliss-reactive ketones (excluding diaryl/α,β-unsaturated/α-hetero) is 1. The number of nitriles is 1. The Balaban J connectivity index is 2.46. The third-order valence-corrected chi connectivity index (χ3v) is 3.42. The Kier molecular flexibility index (Phi) is 4.00. The predicted octanol–water partition coefficient (Wildman–Crippen LogP) is 2.63. The monoisotopic (exact) mass is 259 g/mol. The number of carbonyl (C=O) groups is 1. The van der Waals surface area contributed by atoms with E-state index >= 15 is 0 Å². The van der Waals surface area contributed by atoms with Gasteiger partial charge in [-0.1, -0.05) is 23.9 Å². The van der Waals surface area contributed by atoms with Crippen molar-refractivity contribution >= 4 is 28.4 Å². The third kappa shape index (κ3) is 2.54. The fraction of sp³-hybridized carbons (Fsp3) is 0.308. The number of hydrogen-bond donors (Lipinski definition) is 1. The lowest BCUT2D eigenvalue weighted by molar-refractivity contribution is 0.0973. The Morgan fingerprint density at radius 3 is 3.06 bits per heavy atom. The maximum atomic E-state index is 12.0. The zero-order valence-electron chi connectivity index (χ0n) is 10.1. The SMILES string of the molecule is CSC(=Nc1cccc2c1C(=O)CCC2)NC#N. The lowest BCUT2D eigenvalue weighted by Crippen LogP contribution is -2.14. The second-order valence-electron chi connectivity index (χ2n) is 3.95. The van der Waals surface area contributed by atoms with Crippen LogP contribution < -0.4 is 5.32 Å². The molecule has 4 nitrogen and oxygen atoms in total. The molecule has 0 aliphatic heterocycles. The van der Waals surface area contributed by atoms with Crippen molar-refractivity contribution in [2.75, 3.05) is 6.26 Å². The van der Waals surface area contributed by atoms with Crippen molar-refractivity contribution in [1.82, 2.24) is 5.32 Å². The highest BCUT2D eigenvalue weighted by Gasteiger charge is 2.20. The summed E-state index contributed by atoms with van der Waals surface area (Å²) in [6, 6.07) is 5.69. The van der Waals surface area contributed by atoms with Gasteiger partial charge in [-0.25, -0.2) is 4.99 Å². The van der Waals surface area contributed by atoms with E-state index in [0.717, 1.165) is 24.0 Å². The minimum Gasteiger partial charge on any atom is -0.294 e. The number of benzene rings is 1. The molecule has 0 atom stereocenters. The smallest absolute Gasteiger partial charge is 0.183 e.